The molecule has 3 atom stereocenters. The first-order valence-electron chi connectivity index (χ1n) is 8.57. The van der Waals surface area contributed by atoms with Crippen molar-refractivity contribution in [1.82, 2.24) is 5.32 Å². The summed E-state index contributed by atoms with van der Waals surface area (Å²) in [6.07, 6.45) is -4.66. The zero-order valence-electron chi connectivity index (χ0n) is 14.5. The molecule has 28 heavy (non-hydrogen) atoms. The van der Waals surface area contributed by atoms with E-state index in [1.54, 1.807) is 0 Å². The van der Waals surface area contributed by atoms with Gasteiger partial charge in [0.05, 0.1) is 5.75 Å². The van der Waals surface area contributed by atoms with Gasteiger partial charge in [-0.3, -0.25) is 0 Å². The monoisotopic (exact) mass is 451 g/mol. The predicted octanol–water partition coefficient (Wildman–Crippen LogP) is 4.38. The Morgan fingerprint density at radius 3 is 2.21 bits per heavy atom. The molecule has 2 aromatic rings. The average Bonchev–Trinajstić information content (AvgIpc) is 2.93. The molecule has 0 aromatic heterocycles. The van der Waals surface area contributed by atoms with Gasteiger partial charge in [-0.15, -0.1) is 0 Å². The molecule has 2 aromatic carbocycles. The van der Waals surface area contributed by atoms with Gasteiger partial charge in [-0.2, -0.15) is 13.2 Å². The lowest BCUT2D eigenvalue weighted by Crippen LogP contribution is -2.53. The van der Waals surface area contributed by atoms with Crippen LogP contribution in [0.25, 0.3) is 0 Å². The van der Waals surface area contributed by atoms with E-state index in [9.17, 15) is 21.6 Å². The summed E-state index contributed by atoms with van der Waals surface area (Å²) < 4.78 is 66.1. The van der Waals surface area contributed by atoms with Crippen LogP contribution in [0.1, 0.15) is 17.5 Å². The molecule has 0 spiro atoms. The molecule has 1 heterocycles. The highest BCUT2D eigenvalue weighted by Gasteiger charge is 2.64. The number of thiol groups is 1. The van der Waals surface area contributed by atoms with Crippen molar-refractivity contribution in [3.8, 4) is 0 Å². The van der Waals surface area contributed by atoms with Crippen LogP contribution in [-0.2, 0) is 22.5 Å². The van der Waals surface area contributed by atoms with Crippen LogP contribution in [0.2, 0.25) is 10.0 Å². The molecular weight excluding hydrogens is 434 g/mol. The second kappa shape index (κ2) is 8.22. The molecule has 1 fully saturated rings. The fourth-order valence-corrected chi connectivity index (χ4v) is 5.25. The molecule has 1 saturated heterocycles. The summed E-state index contributed by atoms with van der Waals surface area (Å²) in [7, 11) is -3.03. The van der Waals surface area contributed by atoms with Crippen molar-refractivity contribution in [2.45, 2.75) is 36.5 Å². The van der Waals surface area contributed by atoms with E-state index in [1.807, 2.05) is 30.3 Å². The van der Waals surface area contributed by atoms with Crippen LogP contribution in [0.15, 0.2) is 48.5 Å². The lowest BCUT2D eigenvalue weighted by Gasteiger charge is -2.37. The van der Waals surface area contributed by atoms with E-state index in [1.165, 1.54) is 18.2 Å². The zero-order valence-corrected chi connectivity index (χ0v) is 17.0. The van der Waals surface area contributed by atoms with Gasteiger partial charge in [-0.25, -0.2) is 8.42 Å². The van der Waals surface area contributed by atoms with E-state index in [4.69, 9.17) is 23.2 Å². The largest absolute Gasteiger partial charge is 0.400 e. The third-order valence-corrected chi connectivity index (χ3v) is 6.24. The molecular formula is C19H18Cl2F3NO2S. The summed E-state index contributed by atoms with van der Waals surface area (Å²) in [4.78, 5) is 0. The van der Waals surface area contributed by atoms with Crippen molar-refractivity contribution >= 4 is 33.9 Å². The third-order valence-electron chi connectivity index (χ3n) is 5.14. The number of halogens is 5. The van der Waals surface area contributed by atoms with Gasteiger partial charge < -0.3 is 5.32 Å². The third kappa shape index (κ3) is 4.32. The van der Waals surface area contributed by atoms with E-state index >= 15 is 0 Å². The molecule has 152 valence electrons. The maximum Gasteiger partial charge on any atom is 0.400 e. The highest BCUT2D eigenvalue weighted by Crippen LogP contribution is 2.51. The normalized spacial score (nSPS) is 25.4. The summed E-state index contributed by atoms with van der Waals surface area (Å²) in [5.74, 6) is -0.635. The second-order valence-electron chi connectivity index (χ2n) is 6.95. The van der Waals surface area contributed by atoms with Gasteiger partial charge in [0.25, 0.3) is 0 Å². The Labute approximate surface area is 172 Å². The Morgan fingerprint density at radius 2 is 1.68 bits per heavy atom. The molecule has 0 amide bonds. The van der Waals surface area contributed by atoms with Crippen molar-refractivity contribution in [3.05, 3.63) is 69.7 Å². The Morgan fingerprint density at radius 1 is 1.07 bits per heavy atom. The minimum atomic E-state index is -4.70. The van der Waals surface area contributed by atoms with Crippen molar-refractivity contribution in [2.24, 2.45) is 0 Å². The van der Waals surface area contributed by atoms with E-state index in [0.717, 1.165) is 5.56 Å². The van der Waals surface area contributed by atoms with Crippen LogP contribution < -0.4 is 5.32 Å². The minimum absolute atomic E-state index is 0.0721. The smallest absolute Gasteiger partial charge is 0.309 e. The molecule has 0 saturated carbocycles. The maximum absolute atomic E-state index is 14.5. The van der Waals surface area contributed by atoms with Gasteiger partial charge in [0.15, 0.2) is 0 Å². The standard InChI is InChI=1S/C19H18Cl2F3NO2S/c20-14-7-13(8-15(21)9-14)18(19(22,23)24)10-16(25-17(18)11-28(26)27)6-12-4-2-1-3-5-12/h1-5,7-9,16-17,25,28H,6,10-11H2. The fraction of sp³-hybridized carbons (Fsp3) is 0.368. The van der Waals surface area contributed by atoms with Crippen LogP contribution in [0, 0.1) is 0 Å². The Balaban J connectivity index is 2.08. The maximum atomic E-state index is 14.5. The topological polar surface area (TPSA) is 46.2 Å². The SMILES string of the molecule is O=[SH](=O)CC1NC(Cc2ccccc2)CC1(c1cc(Cl)cc(Cl)c1)C(F)(F)F. The molecule has 3 nitrogen and oxygen atoms in total. The first kappa shape index (κ1) is 21.4. The number of benzene rings is 2. The molecule has 9 heteroatoms. The number of hydrogen-bond acceptors (Lipinski definition) is 3. The first-order chi connectivity index (χ1) is 13.1. The van der Waals surface area contributed by atoms with Crippen molar-refractivity contribution in [3.63, 3.8) is 0 Å². The van der Waals surface area contributed by atoms with Crippen LogP contribution in [-0.4, -0.2) is 32.4 Å². The summed E-state index contributed by atoms with van der Waals surface area (Å²) in [6, 6.07) is 11.0. The molecule has 1 aliphatic rings. The minimum Gasteiger partial charge on any atom is -0.309 e. The average molecular weight is 452 g/mol. The van der Waals surface area contributed by atoms with Gasteiger partial charge in [-0.05, 0) is 42.2 Å². The summed E-state index contributed by atoms with van der Waals surface area (Å²) in [5.41, 5.74) is -1.66. The van der Waals surface area contributed by atoms with Crippen LogP contribution in [0.3, 0.4) is 0 Å². The highest BCUT2D eigenvalue weighted by molar-refractivity contribution is 7.72. The van der Waals surface area contributed by atoms with Crippen LogP contribution in [0.5, 0.6) is 0 Å². The molecule has 3 rings (SSSR count). The Kier molecular flexibility index (Phi) is 6.29. The fourth-order valence-electron chi connectivity index (χ4n) is 4.01. The van der Waals surface area contributed by atoms with Gasteiger partial charge in [-0.1, -0.05) is 53.5 Å². The number of nitrogens with one attached hydrogen (secondary N) is 1. The summed E-state index contributed by atoms with van der Waals surface area (Å²) in [5, 5.41) is 3.06. The molecule has 0 bridgehead atoms. The predicted molar refractivity (Wildman–Crippen MR) is 105 cm³/mol. The lowest BCUT2D eigenvalue weighted by molar-refractivity contribution is -0.192. The number of hydrogen-bond donors (Lipinski definition) is 2. The van der Waals surface area contributed by atoms with Crippen molar-refractivity contribution in [1.29, 1.82) is 0 Å². The lowest BCUT2D eigenvalue weighted by atomic mass is 9.72. The molecule has 0 aliphatic carbocycles. The molecule has 1 N–H and O–H groups in total. The van der Waals surface area contributed by atoms with E-state index in [2.05, 4.69) is 5.32 Å². The van der Waals surface area contributed by atoms with E-state index < -0.39 is 40.1 Å². The number of alkyl halides is 3. The van der Waals surface area contributed by atoms with Gasteiger partial charge in [0, 0.05) is 22.1 Å². The van der Waals surface area contributed by atoms with Crippen molar-refractivity contribution < 1.29 is 21.6 Å². The van der Waals surface area contributed by atoms with Gasteiger partial charge >= 0.3 is 6.18 Å². The molecule has 1 aliphatic heterocycles. The molecule has 3 unspecified atom stereocenters. The van der Waals surface area contributed by atoms with Crippen LogP contribution >= 0.6 is 23.2 Å². The quantitative estimate of drug-likeness (QED) is 0.663. The Bertz CT molecular complexity index is 893. The van der Waals surface area contributed by atoms with E-state index in [0.29, 0.717) is 6.42 Å². The highest BCUT2D eigenvalue weighted by atomic mass is 35.5. The van der Waals surface area contributed by atoms with Crippen molar-refractivity contribution in [2.75, 3.05) is 5.75 Å². The molecule has 0 radical (unpaired) electrons. The first-order valence-corrected chi connectivity index (χ1v) is 10.7. The Hall–Kier alpha value is -1.28. The van der Waals surface area contributed by atoms with Crippen LogP contribution in [0.4, 0.5) is 13.2 Å². The summed E-state index contributed by atoms with van der Waals surface area (Å²) in [6.45, 7) is 0. The summed E-state index contributed by atoms with van der Waals surface area (Å²) >= 11 is 11.9. The zero-order chi connectivity index (χ0) is 20.5. The van der Waals surface area contributed by atoms with E-state index in [-0.39, 0.29) is 22.0 Å². The van der Waals surface area contributed by atoms with Gasteiger partial charge in [0.2, 0.25) is 0 Å². The second-order valence-corrected chi connectivity index (χ2v) is 8.86. The number of rotatable bonds is 5. The van der Waals surface area contributed by atoms with Gasteiger partial charge in [0.1, 0.15) is 16.1 Å².